The lowest BCUT2D eigenvalue weighted by atomic mass is 10.2. The topological polar surface area (TPSA) is 63.9 Å². The summed E-state index contributed by atoms with van der Waals surface area (Å²) in [6, 6.07) is 12.2. The van der Waals surface area contributed by atoms with Crippen molar-refractivity contribution in [2.45, 2.75) is 13.1 Å². The summed E-state index contributed by atoms with van der Waals surface area (Å²) in [6.07, 6.45) is 0. The molecule has 0 saturated carbocycles. The molecule has 8 heteroatoms. The molecule has 0 N–H and O–H groups in total. The van der Waals surface area contributed by atoms with Crippen LogP contribution in [0.2, 0.25) is 0 Å². The summed E-state index contributed by atoms with van der Waals surface area (Å²) in [4.78, 5) is 14.9. The van der Waals surface area contributed by atoms with Gasteiger partial charge < -0.3 is 4.90 Å². The Morgan fingerprint density at radius 3 is 2.64 bits per heavy atom. The van der Waals surface area contributed by atoms with Crippen LogP contribution in [0.25, 0.3) is 0 Å². The van der Waals surface area contributed by atoms with Gasteiger partial charge in [-0.25, -0.2) is 8.78 Å². The first kappa shape index (κ1) is 16.7. The van der Waals surface area contributed by atoms with Gasteiger partial charge in [-0.3, -0.25) is 4.79 Å². The summed E-state index contributed by atoms with van der Waals surface area (Å²) in [5.41, 5.74) is 0.810. The number of tetrazole rings is 1. The largest absolute Gasteiger partial charge is 0.334 e. The Balaban J connectivity index is 1.66. The third-order valence-corrected chi connectivity index (χ3v) is 3.57. The van der Waals surface area contributed by atoms with Gasteiger partial charge >= 0.3 is 0 Å². The van der Waals surface area contributed by atoms with Gasteiger partial charge in [-0.2, -0.15) is 4.80 Å². The van der Waals surface area contributed by atoms with Gasteiger partial charge in [0.05, 0.1) is 13.1 Å². The maximum Gasteiger partial charge on any atom is 0.254 e. The zero-order valence-corrected chi connectivity index (χ0v) is 13.4. The highest BCUT2D eigenvalue weighted by Gasteiger charge is 2.15. The second kappa shape index (κ2) is 7.16. The Hall–Kier alpha value is -3.16. The van der Waals surface area contributed by atoms with E-state index in [9.17, 15) is 13.6 Å². The molecule has 128 valence electrons. The number of rotatable bonds is 5. The van der Waals surface area contributed by atoms with E-state index in [0.29, 0.717) is 11.4 Å². The lowest BCUT2D eigenvalue weighted by Crippen LogP contribution is -2.26. The molecule has 2 aromatic carbocycles. The van der Waals surface area contributed by atoms with Crippen LogP contribution < -0.4 is 0 Å². The Labute approximate surface area is 142 Å². The summed E-state index contributed by atoms with van der Waals surface area (Å²) >= 11 is 0. The molecule has 1 heterocycles. The van der Waals surface area contributed by atoms with Crippen molar-refractivity contribution >= 4 is 5.91 Å². The number of hydrogen-bond donors (Lipinski definition) is 0. The number of amides is 1. The van der Waals surface area contributed by atoms with E-state index >= 15 is 0 Å². The number of benzene rings is 2. The van der Waals surface area contributed by atoms with E-state index in [0.717, 1.165) is 6.07 Å². The zero-order valence-electron chi connectivity index (χ0n) is 13.4. The molecule has 0 fully saturated rings. The van der Waals surface area contributed by atoms with E-state index in [4.69, 9.17) is 0 Å². The van der Waals surface area contributed by atoms with Crippen LogP contribution in [0.3, 0.4) is 0 Å². The fourth-order valence-corrected chi connectivity index (χ4v) is 2.29. The Kier molecular flexibility index (Phi) is 4.78. The minimum absolute atomic E-state index is 0.0233. The molecule has 0 aliphatic rings. The molecule has 0 radical (unpaired) electrons. The molecular formula is C17H15F2N5O. The summed E-state index contributed by atoms with van der Waals surface area (Å²) in [5, 5.41) is 11.8. The van der Waals surface area contributed by atoms with Crippen molar-refractivity contribution in [3.05, 3.63) is 77.1 Å². The first-order valence-electron chi connectivity index (χ1n) is 7.54. The van der Waals surface area contributed by atoms with Gasteiger partial charge in [-0.1, -0.05) is 24.3 Å². The van der Waals surface area contributed by atoms with Crippen LogP contribution in [0.15, 0.2) is 48.5 Å². The standard InChI is InChI=1S/C17H15F2N5O/c1-23(17(25)12-5-3-2-4-6-12)11-16-20-22-24(21-16)10-13-7-8-14(18)9-15(13)19/h2-9H,10-11H2,1H3. The van der Waals surface area contributed by atoms with E-state index < -0.39 is 11.6 Å². The van der Waals surface area contributed by atoms with E-state index in [1.165, 1.54) is 21.8 Å². The van der Waals surface area contributed by atoms with Crippen LogP contribution in [0.1, 0.15) is 21.7 Å². The highest BCUT2D eigenvalue weighted by molar-refractivity contribution is 5.93. The van der Waals surface area contributed by atoms with E-state index in [2.05, 4.69) is 15.4 Å². The second-order valence-corrected chi connectivity index (χ2v) is 5.50. The number of hydrogen-bond acceptors (Lipinski definition) is 4. The summed E-state index contributed by atoms with van der Waals surface area (Å²) in [5.74, 6) is -1.15. The molecule has 0 unspecified atom stereocenters. The summed E-state index contributed by atoms with van der Waals surface area (Å²) in [6.45, 7) is 0.190. The van der Waals surface area contributed by atoms with Gasteiger partial charge in [0.25, 0.3) is 5.91 Å². The molecule has 6 nitrogen and oxygen atoms in total. The number of aromatic nitrogens is 4. The summed E-state index contributed by atoms with van der Waals surface area (Å²) in [7, 11) is 1.63. The van der Waals surface area contributed by atoms with E-state index in [1.54, 1.807) is 31.3 Å². The van der Waals surface area contributed by atoms with Crippen molar-refractivity contribution in [3.63, 3.8) is 0 Å². The van der Waals surface area contributed by atoms with Crippen LogP contribution >= 0.6 is 0 Å². The highest BCUT2D eigenvalue weighted by atomic mass is 19.1. The summed E-state index contributed by atoms with van der Waals surface area (Å²) < 4.78 is 26.6. The predicted molar refractivity (Wildman–Crippen MR) is 85.5 cm³/mol. The van der Waals surface area contributed by atoms with Crippen LogP contribution in [-0.2, 0) is 13.1 Å². The average Bonchev–Trinajstić information content (AvgIpc) is 3.04. The van der Waals surface area contributed by atoms with E-state index in [-0.39, 0.29) is 24.6 Å². The minimum Gasteiger partial charge on any atom is -0.334 e. The molecule has 1 amide bonds. The van der Waals surface area contributed by atoms with Gasteiger partial charge in [-0.05, 0) is 23.4 Å². The van der Waals surface area contributed by atoms with Crippen molar-refractivity contribution < 1.29 is 13.6 Å². The average molecular weight is 343 g/mol. The number of halogens is 2. The van der Waals surface area contributed by atoms with Gasteiger partial charge in [-0.15, -0.1) is 10.2 Å². The zero-order chi connectivity index (χ0) is 17.8. The number of carbonyl (C=O) groups is 1. The monoisotopic (exact) mass is 343 g/mol. The predicted octanol–water partition coefficient (Wildman–Crippen LogP) is 2.27. The maximum absolute atomic E-state index is 13.7. The first-order chi connectivity index (χ1) is 12.0. The van der Waals surface area contributed by atoms with Gasteiger partial charge in [0.2, 0.25) is 0 Å². The van der Waals surface area contributed by atoms with Gasteiger partial charge in [0.1, 0.15) is 11.6 Å². The van der Waals surface area contributed by atoms with Crippen LogP contribution in [0.5, 0.6) is 0 Å². The lowest BCUT2D eigenvalue weighted by Gasteiger charge is -2.14. The molecule has 0 aliphatic carbocycles. The third-order valence-electron chi connectivity index (χ3n) is 3.57. The van der Waals surface area contributed by atoms with Crippen molar-refractivity contribution in [3.8, 4) is 0 Å². The maximum atomic E-state index is 13.7. The molecule has 0 spiro atoms. The molecule has 3 rings (SSSR count). The number of nitrogens with zero attached hydrogens (tertiary/aromatic N) is 5. The molecule has 1 aromatic heterocycles. The molecule has 25 heavy (non-hydrogen) atoms. The smallest absolute Gasteiger partial charge is 0.254 e. The second-order valence-electron chi connectivity index (χ2n) is 5.50. The normalized spacial score (nSPS) is 10.7. The van der Waals surface area contributed by atoms with Crippen LogP contribution in [-0.4, -0.2) is 38.1 Å². The third kappa shape index (κ3) is 4.03. The minimum atomic E-state index is -0.671. The quantitative estimate of drug-likeness (QED) is 0.713. The van der Waals surface area contributed by atoms with Crippen molar-refractivity contribution in [1.82, 2.24) is 25.1 Å². The highest BCUT2D eigenvalue weighted by Crippen LogP contribution is 2.10. The van der Waals surface area contributed by atoms with Crippen molar-refractivity contribution in [2.24, 2.45) is 0 Å². The Morgan fingerprint density at radius 1 is 1.16 bits per heavy atom. The van der Waals surface area contributed by atoms with Crippen LogP contribution in [0, 0.1) is 11.6 Å². The van der Waals surface area contributed by atoms with E-state index in [1.807, 2.05) is 6.07 Å². The molecule has 0 aliphatic heterocycles. The molecule has 0 bridgehead atoms. The van der Waals surface area contributed by atoms with Crippen molar-refractivity contribution in [2.75, 3.05) is 7.05 Å². The molecule has 0 saturated heterocycles. The van der Waals surface area contributed by atoms with Gasteiger partial charge in [0.15, 0.2) is 5.82 Å². The Morgan fingerprint density at radius 2 is 1.92 bits per heavy atom. The molecular weight excluding hydrogens is 328 g/mol. The molecule has 0 atom stereocenters. The SMILES string of the molecule is CN(Cc1nnn(Cc2ccc(F)cc2F)n1)C(=O)c1ccccc1. The number of carbonyl (C=O) groups excluding carboxylic acids is 1. The first-order valence-corrected chi connectivity index (χ1v) is 7.54. The van der Waals surface area contributed by atoms with Gasteiger partial charge in [0, 0.05) is 24.2 Å². The fourth-order valence-electron chi connectivity index (χ4n) is 2.29. The molecule has 3 aromatic rings. The Bertz CT molecular complexity index is 882. The van der Waals surface area contributed by atoms with Crippen LogP contribution in [0.4, 0.5) is 8.78 Å². The lowest BCUT2D eigenvalue weighted by molar-refractivity contribution is 0.0781. The fraction of sp³-hybridized carbons (Fsp3) is 0.176. The van der Waals surface area contributed by atoms with Crippen molar-refractivity contribution in [1.29, 1.82) is 0 Å².